The highest BCUT2D eigenvalue weighted by atomic mass is 19.4. The second-order valence-corrected chi connectivity index (χ2v) is 6.14. The minimum Gasteiger partial charge on any atom is -0.494 e. The largest absolute Gasteiger partial charge is 0.494 e. The number of hydrogen-bond donors (Lipinski definition) is 3. The molecule has 0 saturated heterocycles. The number of amides is 1. The number of methoxy groups -OCH3 is 1. The van der Waals surface area contributed by atoms with E-state index in [1.54, 1.807) is 0 Å². The molecular formula is C18H23F3N2O6. The van der Waals surface area contributed by atoms with Crippen molar-refractivity contribution in [3.05, 3.63) is 23.8 Å². The van der Waals surface area contributed by atoms with Crippen molar-refractivity contribution in [2.45, 2.75) is 31.9 Å². The summed E-state index contributed by atoms with van der Waals surface area (Å²) in [4.78, 5) is 32.3. The molecule has 162 valence electrons. The first-order valence-corrected chi connectivity index (χ1v) is 8.72. The summed E-state index contributed by atoms with van der Waals surface area (Å²) < 4.78 is 42.0. The molecule has 11 heteroatoms. The predicted octanol–water partition coefficient (Wildman–Crippen LogP) is 2.11. The number of rotatable bonds is 7. The number of carbonyl (C=O) groups is 3. The fraction of sp³-hybridized carbons (Fsp3) is 0.500. The zero-order valence-corrected chi connectivity index (χ0v) is 15.8. The minimum absolute atomic E-state index is 0.0963. The van der Waals surface area contributed by atoms with E-state index in [9.17, 15) is 22.8 Å². The highest BCUT2D eigenvalue weighted by Gasteiger charge is 2.38. The number of aliphatic carboxylic acids is 1. The van der Waals surface area contributed by atoms with Gasteiger partial charge in [0.15, 0.2) is 0 Å². The number of carboxylic acid groups (broad SMARTS) is 1. The van der Waals surface area contributed by atoms with Crippen LogP contribution in [0.3, 0.4) is 0 Å². The van der Waals surface area contributed by atoms with Gasteiger partial charge >= 0.3 is 18.1 Å². The SMILES string of the molecule is COC(=O)CC1Cc2ccc(OCCCCN)cc2NC1=O.O=C(O)C(F)(F)F. The first-order chi connectivity index (χ1) is 13.6. The van der Waals surface area contributed by atoms with E-state index in [0.717, 1.165) is 29.8 Å². The second-order valence-electron chi connectivity index (χ2n) is 6.14. The van der Waals surface area contributed by atoms with Gasteiger partial charge in [-0.25, -0.2) is 4.79 Å². The fourth-order valence-electron chi connectivity index (χ4n) is 2.42. The molecule has 1 unspecified atom stereocenters. The van der Waals surface area contributed by atoms with Crippen molar-refractivity contribution in [3.8, 4) is 5.75 Å². The Balaban J connectivity index is 0.000000516. The van der Waals surface area contributed by atoms with Crippen LogP contribution in [-0.2, 0) is 25.5 Å². The van der Waals surface area contributed by atoms with Crippen LogP contribution in [0.25, 0.3) is 0 Å². The Morgan fingerprint density at radius 3 is 2.52 bits per heavy atom. The molecule has 2 rings (SSSR count). The van der Waals surface area contributed by atoms with Gasteiger partial charge in [0.2, 0.25) is 5.91 Å². The van der Waals surface area contributed by atoms with Crippen LogP contribution < -0.4 is 15.8 Å². The molecule has 0 aliphatic carbocycles. The number of benzene rings is 1. The van der Waals surface area contributed by atoms with E-state index in [0.29, 0.717) is 19.6 Å². The summed E-state index contributed by atoms with van der Waals surface area (Å²) in [5.41, 5.74) is 7.19. The lowest BCUT2D eigenvalue weighted by molar-refractivity contribution is -0.192. The number of nitrogens with one attached hydrogen (secondary N) is 1. The van der Waals surface area contributed by atoms with Crippen LogP contribution in [0.15, 0.2) is 18.2 Å². The van der Waals surface area contributed by atoms with Gasteiger partial charge in [0, 0.05) is 11.8 Å². The third-order valence-corrected chi connectivity index (χ3v) is 3.93. The molecule has 1 amide bonds. The van der Waals surface area contributed by atoms with E-state index in [-0.39, 0.29) is 24.2 Å². The molecule has 1 heterocycles. The summed E-state index contributed by atoms with van der Waals surface area (Å²) in [6.07, 6.45) is -2.62. The third-order valence-electron chi connectivity index (χ3n) is 3.93. The molecule has 8 nitrogen and oxygen atoms in total. The Labute approximate surface area is 165 Å². The van der Waals surface area contributed by atoms with Crippen molar-refractivity contribution >= 4 is 23.5 Å². The van der Waals surface area contributed by atoms with E-state index in [1.807, 2.05) is 18.2 Å². The van der Waals surface area contributed by atoms with Crippen LogP contribution in [0.5, 0.6) is 5.75 Å². The summed E-state index contributed by atoms with van der Waals surface area (Å²) in [7, 11) is 1.32. The second kappa shape index (κ2) is 11.2. The maximum Gasteiger partial charge on any atom is 0.490 e. The standard InChI is InChI=1S/C16H22N2O4.C2HF3O2/c1-21-15(19)9-12-8-11-4-5-13(22-7-3-2-6-17)10-14(11)18-16(12)20;3-2(4,5)1(6)7/h4-5,10,12H,2-3,6-9,17H2,1H3,(H,18,20);(H,6,7). The Bertz CT molecular complexity index is 724. The number of alkyl halides is 3. The molecule has 29 heavy (non-hydrogen) atoms. The molecule has 1 aliphatic heterocycles. The lowest BCUT2D eigenvalue weighted by Gasteiger charge is -2.24. The van der Waals surface area contributed by atoms with Crippen molar-refractivity contribution in [2.24, 2.45) is 11.7 Å². The van der Waals surface area contributed by atoms with Gasteiger partial charge in [0.05, 0.1) is 26.1 Å². The number of esters is 1. The molecule has 0 aromatic heterocycles. The number of anilines is 1. The quantitative estimate of drug-likeness (QED) is 0.455. The number of carboxylic acids is 1. The van der Waals surface area contributed by atoms with E-state index in [1.165, 1.54) is 7.11 Å². The van der Waals surface area contributed by atoms with E-state index in [2.05, 4.69) is 10.1 Å². The lowest BCUT2D eigenvalue weighted by atomic mass is 9.90. The molecule has 0 saturated carbocycles. The van der Waals surface area contributed by atoms with Gasteiger partial charge in [0.1, 0.15) is 5.75 Å². The molecule has 0 bridgehead atoms. The average molecular weight is 420 g/mol. The van der Waals surface area contributed by atoms with Crippen molar-refractivity contribution in [1.82, 2.24) is 0 Å². The molecule has 1 aromatic rings. The molecule has 1 atom stereocenters. The first-order valence-electron chi connectivity index (χ1n) is 8.72. The van der Waals surface area contributed by atoms with E-state index in [4.69, 9.17) is 20.4 Å². The highest BCUT2D eigenvalue weighted by Crippen LogP contribution is 2.30. The maximum atomic E-state index is 12.0. The van der Waals surface area contributed by atoms with E-state index >= 15 is 0 Å². The lowest BCUT2D eigenvalue weighted by Crippen LogP contribution is -2.31. The smallest absolute Gasteiger partial charge is 0.490 e. The molecule has 4 N–H and O–H groups in total. The number of carbonyl (C=O) groups excluding carboxylic acids is 2. The summed E-state index contributed by atoms with van der Waals surface area (Å²) in [5, 5.41) is 9.96. The van der Waals surface area contributed by atoms with Gasteiger partial charge in [-0.2, -0.15) is 13.2 Å². The molecule has 0 radical (unpaired) electrons. The molecule has 1 aliphatic rings. The van der Waals surface area contributed by atoms with Crippen molar-refractivity contribution in [2.75, 3.05) is 25.6 Å². The van der Waals surface area contributed by atoms with Gasteiger partial charge < -0.3 is 25.6 Å². The summed E-state index contributed by atoms with van der Waals surface area (Å²) in [6.45, 7) is 1.26. The molecular weight excluding hydrogens is 397 g/mol. The van der Waals surface area contributed by atoms with Crippen molar-refractivity contribution in [1.29, 1.82) is 0 Å². The minimum atomic E-state index is -5.08. The van der Waals surface area contributed by atoms with E-state index < -0.39 is 12.1 Å². The third kappa shape index (κ3) is 8.38. The summed E-state index contributed by atoms with van der Waals surface area (Å²) >= 11 is 0. The van der Waals surface area contributed by atoms with Crippen LogP contribution in [0, 0.1) is 5.92 Å². The maximum absolute atomic E-state index is 12.0. The van der Waals surface area contributed by atoms with Crippen LogP contribution in [0.2, 0.25) is 0 Å². The molecule has 0 fully saturated rings. The number of ether oxygens (including phenoxy) is 2. The zero-order valence-electron chi connectivity index (χ0n) is 15.8. The van der Waals surface area contributed by atoms with Crippen LogP contribution in [0.4, 0.5) is 18.9 Å². The fourth-order valence-corrected chi connectivity index (χ4v) is 2.42. The van der Waals surface area contributed by atoms with Crippen LogP contribution >= 0.6 is 0 Å². The molecule has 0 spiro atoms. The summed E-state index contributed by atoms with van der Waals surface area (Å²) in [5.74, 6) is -2.94. The van der Waals surface area contributed by atoms with Gasteiger partial charge in [-0.3, -0.25) is 9.59 Å². The number of nitrogens with two attached hydrogens (primary N) is 1. The Morgan fingerprint density at radius 1 is 1.31 bits per heavy atom. The monoisotopic (exact) mass is 420 g/mol. The van der Waals surface area contributed by atoms with Gasteiger partial charge in [-0.1, -0.05) is 6.07 Å². The van der Waals surface area contributed by atoms with Crippen molar-refractivity contribution in [3.63, 3.8) is 0 Å². The Hall–Kier alpha value is -2.82. The van der Waals surface area contributed by atoms with Gasteiger partial charge in [0.25, 0.3) is 0 Å². The number of halogens is 3. The zero-order chi connectivity index (χ0) is 22.0. The Kier molecular flexibility index (Phi) is 9.39. The van der Waals surface area contributed by atoms with Crippen molar-refractivity contribution < 1.29 is 42.1 Å². The highest BCUT2D eigenvalue weighted by molar-refractivity contribution is 5.97. The Morgan fingerprint density at radius 2 is 1.97 bits per heavy atom. The van der Waals surface area contributed by atoms with Crippen LogP contribution in [-0.4, -0.2) is 49.4 Å². The van der Waals surface area contributed by atoms with Gasteiger partial charge in [-0.15, -0.1) is 0 Å². The number of fused-ring (bicyclic) bond motifs is 1. The number of unbranched alkanes of at least 4 members (excludes halogenated alkanes) is 1. The number of hydrogen-bond acceptors (Lipinski definition) is 6. The molecule has 1 aromatic carbocycles. The van der Waals surface area contributed by atoms with Crippen LogP contribution in [0.1, 0.15) is 24.8 Å². The van der Waals surface area contributed by atoms with Gasteiger partial charge in [-0.05, 0) is 37.4 Å². The topological polar surface area (TPSA) is 128 Å². The average Bonchev–Trinajstić information content (AvgIpc) is 2.65. The normalized spacial score (nSPS) is 15.3. The first kappa shape index (κ1) is 24.2. The summed E-state index contributed by atoms with van der Waals surface area (Å²) in [6, 6.07) is 5.63. The predicted molar refractivity (Wildman–Crippen MR) is 96.4 cm³/mol.